The van der Waals surface area contributed by atoms with Crippen LogP contribution in [0.1, 0.15) is 17.5 Å². The average molecular weight is 363 g/mol. The zero-order valence-electron chi connectivity index (χ0n) is 11.6. The maximum atomic E-state index is 12.8. The molecule has 1 saturated heterocycles. The third-order valence-corrected chi connectivity index (χ3v) is 6.84. The van der Waals surface area contributed by atoms with Gasteiger partial charge in [0, 0.05) is 24.7 Å². The van der Waals surface area contributed by atoms with Gasteiger partial charge in [0.15, 0.2) is 0 Å². The van der Waals surface area contributed by atoms with Gasteiger partial charge in [0.25, 0.3) is 0 Å². The highest BCUT2D eigenvalue weighted by Gasteiger charge is 2.32. The topological polar surface area (TPSA) is 72.6 Å². The molecule has 1 aromatic rings. The van der Waals surface area contributed by atoms with Crippen LogP contribution < -0.4 is 5.73 Å². The highest BCUT2D eigenvalue weighted by atomic mass is 79.9. The van der Waals surface area contributed by atoms with Crippen molar-refractivity contribution in [3.8, 4) is 0 Å². The number of rotatable bonds is 4. The van der Waals surface area contributed by atoms with Gasteiger partial charge in [0.1, 0.15) is 0 Å². The number of ether oxygens (including phenoxy) is 1. The molecule has 0 radical (unpaired) electrons. The number of aryl methyl sites for hydroxylation is 1. The Morgan fingerprint density at radius 3 is 2.75 bits per heavy atom. The zero-order valence-corrected chi connectivity index (χ0v) is 14.0. The van der Waals surface area contributed by atoms with E-state index < -0.39 is 10.0 Å². The van der Waals surface area contributed by atoms with Crippen LogP contribution in [-0.2, 0) is 21.3 Å². The van der Waals surface area contributed by atoms with Gasteiger partial charge in [-0.05, 0) is 46.5 Å². The molecule has 1 heterocycles. The summed E-state index contributed by atoms with van der Waals surface area (Å²) in [5.41, 5.74) is 7.30. The van der Waals surface area contributed by atoms with E-state index in [1.54, 1.807) is 13.1 Å². The molecule has 112 valence electrons. The van der Waals surface area contributed by atoms with Crippen molar-refractivity contribution in [3.63, 3.8) is 0 Å². The van der Waals surface area contributed by atoms with E-state index in [2.05, 4.69) is 15.9 Å². The normalized spacial score (nSPS) is 19.8. The van der Waals surface area contributed by atoms with Crippen LogP contribution >= 0.6 is 15.9 Å². The maximum absolute atomic E-state index is 12.8. The first kappa shape index (κ1) is 15.9. The van der Waals surface area contributed by atoms with Crippen LogP contribution in [0, 0.1) is 6.92 Å². The minimum atomic E-state index is -3.56. The second-order valence-electron chi connectivity index (χ2n) is 4.97. The lowest BCUT2D eigenvalue weighted by Gasteiger charge is -2.24. The molecule has 5 nitrogen and oxygen atoms in total. The van der Waals surface area contributed by atoms with Crippen LogP contribution in [-0.4, -0.2) is 39.0 Å². The van der Waals surface area contributed by atoms with E-state index in [4.69, 9.17) is 10.5 Å². The molecular weight excluding hydrogens is 344 g/mol. The van der Waals surface area contributed by atoms with Crippen LogP contribution in [0.5, 0.6) is 0 Å². The lowest BCUT2D eigenvalue weighted by atomic mass is 10.1. The molecule has 2 rings (SSSR count). The molecule has 0 saturated carbocycles. The standard InChI is InChI=1S/C13H19BrN2O3S/c1-9-5-10(7-15)6-12(13(9)14)20(17,18)16(2)11-3-4-19-8-11/h5-6,11H,3-4,7-8,15H2,1-2H3. The first-order chi connectivity index (χ1) is 9.37. The summed E-state index contributed by atoms with van der Waals surface area (Å²) in [4.78, 5) is 0.271. The Morgan fingerprint density at radius 2 is 2.20 bits per heavy atom. The molecule has 0 aromatic heterocycles. The zero-order chi connectivity index (χ0) is 14.9. The number of benzene rings is 1. The monoisotopic (exact) mass is 362 g/mol. The molecular formula is C13H19BrN2O3S. The van der Waals surface area contributed by atoms with Gasteiger partial charge in [-0.15, -0.1) is 0 Å². The average Bonchev–Trinajstić information content (AvgIpc) is 2.94. The summed E-state index contributed by atoms with van der Waals surface area (Å²) in [6.45, 7) is 3.23. The number of sulfonamides is 1. The molecule has 1 unspecified atom stereocenters. The van der Waals surface area contributed by atoms with Crippen LogP contribution in [0.15, 0.2) is 21.5 Å². The van der Waals surface area contributed by atoms with E-state index in [9.17, 15) is 8.42 Å². The smallest absolute Gasteiger partial charge is 0.244 e. The molecule has 1 aliphatic rings. The first-order valence-corrected chi connectivity index (χ1v) is 8.66. The Balaban J connectivity index is 2.45. The molecule has 1 aromatic carbocycles. The van der Waals surface area contributed by atoms with Gasteiger partial charge in [0.05, 0.1) is 17.5 Å². The fraction of sp³-hybridized carbons (Fsp3) is 0.538. The van der Waals surface area contributed by atoms with E-state index in [0.717, 1.165) is 17.5 Å². The Hall–Kier alpha value is -0.470. The van der Waals surface area contributed by atoms with Crippen molar-refractivity contribution < 1.29 is 13.2 Å². The Morgan fingerprint density at radius 1 is 1.50 bits per heavy atom. The summed E-state index contributed by atoms with van der Waals surface area (Å²) in [7, 11) is -1.95. The largest absolute Gasteiger partial charge is 0.380 e. The highest BCUT2D eigenvalue weighted by Crippen LogP contribution is 2.30. The molecule has 7 heteroatoms. The molecule has 2 N–H and O–H groups in total. The summed E-state index contributed by atoms with van der Waals surface area (Å²) in [5.74, 6) is 0. The van der Waals surface area contributed by atoms with E-state index in [1.165, 1.54) is 4.31 Å². The van der Waals surface area contributed by atoms with Crippen molar-refractivity contribution in [1.82, 2.24) is 4.31 Å². The van der Waals surface area contributed by atoms with Gasteiger partial charge in [0.2, 0.25) is 10.0 Å². The van der Waals surface area contributed by atoms with Crippen LogP contribution in [0.25, 0.3) is 0 Å². The minimum Gasteiger partial charge on any atom is -0.380 e. The minimum absolute atomic E-state index is 0.103. The summed E-state index contributed by atoms with van der Waals surface area (Å²) in [6.07, 6.45) is 0.725. The summed E-state index contributed by atoms with van der Waals surface area (Å²) < 4.78 is 32.8. The second-order valence-corrected chi connectivity index (χ2v) is 7.73. The van der Waals surface area contributed by atoms with Gasteiger partial charge in [-0.1, -0.05) is 6.07 Å². The number of likely N-dealkylation sites (N-methyl/N-ethyl adjacent to an activating group) is 1. The predicted octanol–water partition coefficient (Wildman–Crippen LogP) is 1.63. The number of halogens is 1. The SMILES string of the molecule is Cc1cc(CN)cc(S(=O)(=O)N(C)C2CCOC2)c1Br. The Labute approximate surface area is 128 Å². The molecule has 0 spiro atoms. The van der Waals surface area contributed by atoms with Crippen molar-refractivity contribution in [2.45, 2.75) is 30.8 Å². The molecule has 1 aliphatic heterocycles. The Bertz CT molecular complexity index is 598. The predicted molar refractivity (Wildman–Crippen MR) is 80.9 cm³/mol. The van der Waals surface area contributed by atoms with Gasteiger partial charge in [-0.2, -0.15) is 4.31 Å². The molecule has 1 fully saturated rings. The van der Waals surface area contributed by atoms with Gasteiger partial charge in [-0.3, -0.25) is 0 Å². The van der Waals surface area contributed by atoms with Crippen molar-refractivity contribution in [1.29, 1.82) is 0 Å². The quantitative estimate of drug-likeness (QED) is 0.883. The van der Waals surface area contributed by atoms with E-state index in [1.807, 2.05) is 13.0 Å². The van der Waals surface area contributed by atoms with E-state index in [0.29, 0.717) is 24.2 Å². The first-order valence-electron chi connectivity index (χ1n) is 6.42. The van der Waals surface area contributed by atoms with Gasteiger partial charge in [-0.25, -0.2) is 8.42 Å². The van der Waals surface area contributed by atoms with E-state index in [-0.39, 0.29) is 10.9 Å². The van der Waals surface area contributed by atoms with Crippen molar-refractivity contribution >= 4 is 26.0 Å². The third kappa shape index (κ3) is 2.92. The number of hydrogen-bond acceptors (Lipinski definition) is 4. The molecule has 0 amide bonds. The van der Waals surface area contributed by atoms with E-state index >= 15 is 0 Å². The summed E-state index contributed by atoms with van der Waals surface area (Å²) >= 11 is 3.38. The number of nitrogens with zero attached hydrogens (tertiary/aromatic N) is 1. The second kappa shape index (κ2) is 6.11. The van der Waals surface area contributed by atoms with Crippen molar-refractivity contribution in [3.05, 3.63) is 27.7 Å². The highest BCUT2D eigenvalue weighted by molar-refractivity contribution is 9.10. The van der Waals surface area contributed by atoms with Crippen molar-refractivity contribution in [2.75, 3.05) is 20.3 Å². The summed E-state index contributed by atoms with van der Waals surface area (Å²) in [6, 6.07) is 3.43. The fourth-order valence-electron chi connectivity index (χ4n) is 2.27. The molecule has 0 bridgehead atoms. The molecule has 0 aliphatic carbocycles. The maximum Gasteiger partial charge on any atom is 0.244 e. The summed E-state index contributed by atoms with van der Waals surface area (Å²) in [5, 5.41) is 0. The Kier molecular flexibility index (Phi) is 4.86. The van der Waals surface area contributed by atoms with Crippen LogP contribution in [0.3, 0.4) is 0 Å². The third-order valence-electron chi connectivity index (χ3n) is 3.59. The number of hydrogen-bond donors (Lipinski definition) is 1. The van der Waals surface area contributed by atoms with Gasteiger partial charge >= 0.3 is 0 Å². The fourth-order valence-corrected chi connectivity index (χ4v) is 4.67. The van der Waals surface area contributed by atoms with Crippen LogP contribution in [0.2, 0.25) is 0 Å². The lowest BCUT2D eigenvalue weighted by Crippen LogP contribution is -2.37. The van der Waals surface area contributed by atoms with Crippen molar-refractivity contribution in [2.24, 2.45) is 5.73 Å². The number of nitrogens with two attached hydrogens (primary N) is 1. The lowest BCUT2D eigenvalue weighted by molar-refractivity contribution is 0.181. The molecule has 1 atom stereocenters. The van der Waals surface area contributed by atoms with Gasteiger partial charge < -0.3 is 10.5 Å². The molecule has 20 heavy (non-hydrogen) atoms. The van der Waals surface area contributed by atoms with Crippen LogP contribution in [0.4, 0.5) is 0 Å².